The average molecular weight is 414 g/mol. The maximum absolute atomic E-state index is 12.7. The van der Waals surface area contributed by atoms with Crippen LogP contribution in [-0.2, 0) is 11.3 Å². The lowest BCUT2D eigenvalue weighted by atomic mass is 9.81. The van der Waals surface area contributed by atoms with Crippen LogP contribution in [0.5, 0.6) is 0 Å². The smallest absolute Gasteiger partial charge is 0.240 e. The number of benzene rings is 1. The fourth-order valence-corrected chi connectivity index (χ4v) is 5.18. The fourth-order valence-electron chi connectivity index (χ4n) is 5.18. The lowest BCUT2D eigenvalue weighted by Crippen LogP contribution is -2.59. The van der Waals surface area contributed by atoms with E-state index in [1.807, 2.05) is 0 Å². The molecule has 2 saturated heterocycles. The van der Waals surface area contributed by atoms with Crippen molar-refractivity contribution in [1.29, 1.82) is 0 Å². The van der Waals surface area contributed by atoms with Gasteiger partial charge in [0.25, 0.3) is 0 Å². The molecular formula is C21H33Cl2N3O. The predicted octanol–water partition coefficient (Wildman–Crippen LogP) is 3.80. The van der Waals surface area contributed by atoms with Gasteiger partial charge in [0.05, 0.1) is 5.54 Å². The van der Waals surface area contributed by atoms with Crippen molar-refractivity contribution < 1.29 is 4.79 Å². The number of carbonyl (C=O) groups excluding carboxylic acids is 1. The molecular weight excluding hydrogens is 381 g/mol. The molecule has 3 fully saturated rings. The second-order valence-electron chi connectivity index (χ2n) is 8.40. The first-order valence-electron chi connectivity index (χ1n) is 10.0. The second-order valence-corrected chi connectivity index (χ2v) is 8.40. The number of carbonyl (C=O) groups is 1. The second kappa shape index (κ2) is 9.60. The van der Waals surface area contributed by atoms with Crippen molar-refractivity contribution in [2.24, 2.45) is 5.73 Å². The van der Waals surface area contributed by atoms with Crippen LogP contribution in [0.15, 0.2) is 30.3 Å². The van der Waals surface area contributed by atoms with Gasteiger partial charge in [0, 0.05) is 24.7 Å². The minimum Gasteiger partial charge on any atom is -0.352 e. The molecule has 1 saturated carbocycles. The molecule has 2 unspecified atom stereocenters. The van der Waals surface area contributed by atoms with Gasteiger partial charge in [-0.05, 0) is 44.1 Å². The average Bonchev–Trinajstić information content (AvgIpc) is 2.86. The zero-order valence-electron chi connectivity index (χ0n) is 15.9. The quantitative estimate of drug-likeness (QED) is 0.788. The molecule has 6 heteroatoms. The highest BCUT2D eigenvalue weighted by Gasteiger charge is 2.43. The summed E-state index contributed by atoms with van der Waals surface area (Å²) in [5.74, 6) is 0.105. The zero-order chi connectivity index (χ0) is 17.3. The van der Waals surface area contributed by atoms with Crippen molar-refractivity contribution in [3.8, 4) is 0 Å². The Balaban J connectivity index is 0.00000131. The van der Waals surface area contributed by atoms with E-state index in [9.17, 15) is 4.79 Å². The van der Waals surface area contributed by atoms with Crippen LogP contribution in [0.25, 0.3) is 0 Å². The number of nitrogens with one attached hydrogen (secondary N) is 1. The van der Waals surface area contributed by atoms with Crippen molar-refractivity contribution in [3.63, 3.8) is 0 Å². The Morgan fingerprint density at radius 2 is 1.63 bits per heavy atom. The number of nitrogens with two attached hydrogens (primary N) is 1. The number of amides is 1. The number of rotatable bonds is 4. The third kappa shape index (κ3) is 4.97. The first-order valence-corrected chi connectivity index (χ1v) is 10.0. The lowest BCUT2D eigenvalue weighted by molar-refractivity contribution is -0.128. The Morgan fingerprint density at radius 1 is 1.04 bits per heavy atom. The molecule has 0 spiro atoms. The Bertz CT molecular complexity index is 593. The summed E-state index contributed by atoms with van der Waals surface area (Å²) in [5.41, 5.74) is 7.19. The third-order valence-corrected chi connectivity index (χ3v) is 6.63. The maximum atomic E-state index is 12.7. The van der Waals surface area contributed by atoms with E-state index in [4.69, 9.17) is 5.73 Å². The molecule has 0 radical (unpaired) electrons. The van der Waals surface area contributed by atoms with E-state index in [0.29, 0.717) is 18.1 Å². The van der Waals surface area contributed by atoms with E-state index < -0.39 is 5.54 Å². The molecule has 2 heterocycles. The van der Waals surface area contributed by atoms with Crippen molar-refractivity contribution in [2.75, 3.05) is 0 Å². The fraction of sp³-hybridized carbons (Fsp3) is 0.667. The van der Waals surface area contributed by atoms with Gasteiger partial charge in [0.1, 0.15) is 0 Å². The molecule has 2 atom stereocenters. The third-order valence-electron chi connectivity index (χ3n) is 6.63. The number of fused-ring (bicyclic) bond motifs is 2. The highest BCUT2D eigenvalue weighted by atomic mass is 35.5. The van der Waals surface area contributed by atoms with E-state index in [-0.39, 0.29) is 30.7 Å². The van der Waals surface area contributed by atoms with Gasteiger partial charge in [-0.2, -0.15) is 0 Å². The molecule has 4 nitrogen and oxygen atoms in total. The molecule has 2 aliphatic heterocycles. The van der Waals surface area contributed by atoms with Gasteiger partial charge in [-0.25, -0.2) is 0 Å². The summed E-state index contributed by atoms with van der Waals surface area (Å²) in [7, 11) is 0. The van der Waals surface area contributed by atoms with Crippen LogP contribution in [0.1, 0.15) is 63.4 Å². The molecule has 1 aromatic carbocycles. The van der Waals surface area contributed by atoms with Crippen molar-refractivity contribution in [2.45, 2.75) is 88.0 Å². The van der Waals surface area contributed by atoms with Crippen molar-refractivity contribution in [1.82, 2.24) is 10.2 Å². The highest BCUT2D eigenvalue weighted by Crippen LogP contribution is 2.37. The molecule has 1 aromatic rings. The molecule has 2 bridgehead atoms. The number of nitrogens with zero attached hydrogens (tertiary/aromatic N) is 1. The largest absolute Gasteiger partial charge is 0.352 e. The standard InChI is InChI=1S/C21H31N3O.2ClH/c22-21(11-5-2-6-12-21)20(25)23-17-13-18-9-10-19(14-17)24(18)15-16-7-3-1-4-8-16;;/h1,3-4,7-8,17-19H,2,5-6,9-15,22H2,(H,23,25);2*1H. The molecule has 4 rings (SSSR count). The number of hydrogen-bond acceptors (Lipinski definition) is 3. The summed E-state index contributed by atoms with van der Waals surface area (Å²) < 4.78 is 0. The van der Waals surface area contributed by atoms with Crippen LogP contribution < -0.4 is 11.1 Å². The molecule has 3 aliphatic rings. The van der Waals surface area contributed by atoms with E-state index in [1.54, 1.807) is 0 Å². The maximum Gasteiger partial charge on any atom is 0.240 e. The Morgan fingerprint density at radius 3 is 2.22 bits per heavy atom. The van der Waals surface area contributed by atoms with E-state index >= 15 is 0 Å². The zero-order valence-corrected chi connectivity index (χ0v) is 17.6. The van der Waals surface area contributed by atoms with Crippen LogP contribution in [0.2, 0.25) is 0 Å². The summed E-state index contributed by atoms with van der Waals surface area (Å²) >= 11 is 0. The minimum atomic E-state index is -0.613. The molecule has 152 valence electrons. The SMILES string of the molecule is Cl.Cl.NC1(C(=O)NC2CC3CCC(C2)N3Cc2ccccc2)CCCCC1. The Kier molecular flexibility index (Phi) is 7.99. The first-order chi connectivity index (χ1) is 12.1. The van der Waals surface area contributed by atoms with Crippen LogP contribution in [-0.4, -0.2) is 34.5 Å². The van der Waals surface area contributed by atoms with Gasteiger partial charge in [0.15, 0.2) is 0 Å². The van der Waals surface area contributed by atoms with Crippen molar-refractivity contribution >= 4 is 30.7 Å². The predicted molar refractivity (Wildman–Crippen MR) is 114 cm³/mol. The summed E-state index contributed by atoms with van der Waals surface area (Å²) in [5, 5.41) is 3.32. The molecule has 27 heavy (non-hydrogen) atoms. The van der Waals surface area contributed by atoms with Gasteiger partial charge in [-0.3, -0.25) is 9.69 Å². The molecule has 0 aromatic heterocycles. The topological polar surface area (TPSA) is 58.4 Å². The van der Waals surface area contributed by atoms with E-state index in [2.05, 4.69) is 40.5 Å². The summed E-state index contributed by atoms with van der Waals surface area (Å²) in [6.45, 7) is 1.04. The Hall–Kier alpha value is -0.810. The van der Waals surface area contributed by atoms with Gasteiger partial charge in [-0.1, -0.05) is 49.6 Å². The van der Waals surface area contributed by atoms with Crippen LogP contribution in [0.3, 0.4) is 0 Å². The highest BCUT2D eigenvalue weighted by molar-refractivity contribution is 5.86. The van der Waals surface area contributed by atoms with Crippen LogP contribution in [0.4, 0.5) is 0 Å². The van der Waals surface area contributed by atoms with Gasteiger partial charge in [-0.15, -0.1) is 24.8 Å². The van der Waals surface area contributed by atoms with Gasteiger partial charge >= 0.3 is 0 Å². The number of hydrogen-bond donors (Lipinski definition) is 2. The number of piperidine rings is 1. The minimum absolute atomic E-state index is 0. The first kappa shape index (κ1) is 22.5. The van der Waals surface area contributed by atoms with Gasteiger partial charge in [0.2, 0.25) is 5.91 Å². The summed E-state index contributed by atoms with van der Waals surface area (Å²) in [4.78, 5) is 15.4. The van der Waals surface area contributed by atoms with Crippen LogP contribution in [0, 0.1) is 0 Å². The van der Waals surface area contributed by atoms with Crippen molar-refractivity contribution in [3.05, 3.63) is 35.9 Å². The van der Waals surface area contributed by atoms with E-state index in [1.165, 1.54) is 24.8 Å². The van der Waals surface area contributed by atoms with Crippen LogP contribution >= 0.6 is 24.8 Å². The summed E-state index contributed by atoms with van der Waals surface area (Å²) in [6, 6.07) is 12.3. The number of halogens is 2. The van der Waals surface area contributed by atoms with Gasteiger partial charge < -0.3 is 11.1 Å². The molecule has 3 N–H and O–H groups in total. The molecule has 1 amide bonds. The molecule has 1 aliphatic carbocycles. The monoisotopic (exact) mass is 413 g/mol. The normalized spacial score (nSPS) is 29.3. The summed E-state index contributed by atoms with van der Waals surface area (Å²) in [6.07, 6.45) is 9.76. The lowest BCUT2D eigenvalue weighted by Gasteiger charge is -2.41. The Labute approximate surface area is 175 Å². The van der Waals surface area contributed by atoms with E-state index in [0.717, 1.165) is 45.1 Å².